The van der Waals surface area contributed by atoms with Crippen molar-refractivity contribution in [2.24, 2.45) is 0 Å². The van der Waals surface area contributed by atoms with Gasteiger partial charge in [0.25, 0.3) is 0 Å². The van der Waals surface area contributed by atoms with Crippen molar-refractivity contribution in [3.8, 4) is 11.1 Å². The van der Waals surface area contributed by atoms with Gasteiger partial charge in [0.15, 0.2) is 0 Å². The minimum atomic E-state index is 1.07. The molecule has 0 unspecified atom stereocenters. The second-order valence-corrected chi connectivity index (χ2v) is 8.98. The highest BCUT2D eigenvalue weighted by Gasteiger charge is 2.19. The number of halogens is 1. The fraction of sp³-hybridized carbons (Fsp3) is 0.250. The number of aryl methyl sites for hydroxylation is 4. The molecule has 0 saturated carbocycles. The second kappa shape index (κ2) is 6.83. The number of fused-ring (bicyclic) bond motifs is 2. The van der Waals surface area contributed by atoms with E-state index in [1.54, 1.807) is 0 Å². The third kappa shape index (κ3) is 2.71. The lowest BCUT2D eigenvalue weighted by Gasteiger charge is -2.15. The van der Waals surface area contributed by atoms with Gasteiger partial charge >= 0.3 is 0 Å². The number of hydrogen-bond donors (Lipinski definition) is 0. The molecule has 0 fully saturated rings. The summed E-state index contributed by atoms with van der Waals surface area (Å²) in [5.74, 6) is 0. The van der Waals surface area contributed by atoms with Gasteiger partial charge in [-0.05, 0) is 81.2 Å². The van der Waals surface area contributed by atoms with Crippen molar-refractivity contribution in [1.29, 1.82) is 0 Å². The van der Waals surface area contributed by atoms with E-state index in [1.807, 2.05) is 11.3 Å². The van der Waals surface area contributed by atoms with Gasteiger partial charge < -0.3 is 0 Å². The van der Waals surface area contributed by atoms with Gasteiger partial charge in [-0.15, -0.1) is 11.3 Å². The molecule has 1 heterocycles. The SMILES string of the molecule is CCc1cc(CC)cc(-c2c3ccccc3c(Br)c3sc(C)c(C)c23)c1. The summed E-state index contributed by atoms with van der Waals surface area (Å²) in [6.07, 6.45) is 2.14. The number of thiophene rings is 1. The summed E-state index contributed by atoms with van der Waals surface area (Å²) in [5, 5.41) is 4.05. The average Bonchev–Trinajstić information content (AvgIpc) is 2.97. The zero-order chi connectivity index (χ0) is 18.4. The molecule has 1 aromatic heterocycles. The molecule has 0 aliphatic heterocycles. The lowest BCUT2D eigenvalue weighted by Crippen LogP contribution is -1.92. The van der Waals surface area contributed by atoms with Gasteiger partial charge in [0.05, 0.1) is 4.70 Å². The molecule has 3 aromatic carbocycles. The van der Waals surface area contributed by atoms with Crippen molar-refractivity contribution in [3.05, 3.63) is 68.5 Å². The van der Waals surface area contributed by atoms with Crippen LogP contribution in [0.25, 0.3) is 32.0 Å². The summed E-state index contributed by atoms with van der Waals surface area (Å²) in [4.78, 5) is 1.40. The Morgan fingerprint density at radius 1 is 0.885 bits per heavy atom. The van der Waals surface area contributed by atoms with Crippen LogP contribution in [0.2, 0.25) is 0 Å². The zero-order valence-electron chi connectivity index (χ0n) is 15.7. The monoisotopic (exact) mass is 422 g/mol. The molecular formula is C24H23BrS. The third-order valence-corrected chi connectivity index (χ3v) is 7.74. The van der Waals surface area contributed by atoms with E-state index in [9.17, 15) is 0 Å². The van der Waals surface area contributed by atoms with Gasteiger partial charge in [0, 0.05) is 14.7 Å². The van der Waals surface area contributed by atoms with Crippen LogP contribution >= 0.6 is 27.3 Å². The molecule has 4 aromatic rings. The lowest BCUT2D eigenvalue weighted by molar-refractivity contribution is 1.09. The van der Waals surface area contributed by atoms with Crippen molar-refractivity contribution in [3.63, 3.8) is 0 Å². The average molecular weight is 423 g/mol. The van der Waals surface area contributed by atoms with Crippen LogP contribution in [0.1, 0.15) is 35.4 Å². The van der Waals surface area contributed by atoms with E-state index >= 15 is 0 Å². The van der Waals surface area contributed by atoms with E-state index in [0.717, 1.165) is 12.8 Å². The van der Waals surface area contributed by atoms with Crippen LogP contribution in [-0.4, -0.2) is 0 Å². The summed E-state index contributed by atoms with van der Waals surface area (Å²) in [7, 11) is 0. The van der Waals surface area contributed by atoms with Gasteiger partial charge in [0.1, 0.15) is 0 Å². The van der Waals surface area contributed by atoms with E-state index in [4.69, 9.17) is 0 Å². The molecule has 0 nitrogen and oxygen atoms in total. The van der Waals surface area contributed by atoms with Crippen LogP contribution in [0.5, 0.6) is 0 Å². The molecule has 0 radical (unpaired) electrons. The van der Waals surface area contributed by atoms with E-state index in [1.165, 1.54) is 58.0 Å². The van der Waals surface area contributed by atoms with Crippen molar-refractivity contribution in [1.82, 2.24) is 0 Å². The normalized spacial score (nSPS) is 11.6. The Morgan fingerprint density at radius 2 is 1.50 bits per heavy atom. The first-order valence-corrected chi connectivity index (χ1v) is 10.9. The molecule has 2 heteroatoms. The highest BCUT2D eigenvalue weighted by molar-refractivity contribution is 9.11. The van der Waals surface area contributed by atoms with Crippen molar-refractivity contribution in [2.45, 2.75) is 40.5 Å². The Morgan fingerprint density at radius 3 is 2.12 bits per heavy atom. The Hall–Kier alpha value is -1.64. The maximum absolute atomic E-state index is 3.90. The van der Waals surface area contributed by atoms with Gasteiger partial charge in [0.2, 0.25) is 0 Å². The predicted octanol–water partition coefficient (Wildman–Crippen LogP) is 8.23. The molecule has 0 saturated heterocycles. The Labute approximate surface area is 168 Å². The van der Waals surface area contributed by atoms with Crippen molar-refractivity contribution >= 4 is 48.1 Å². The van der Waals surface area contributed by atoms with Crippen molar-refractivity contribution in [2.75, 3.05) is 0 Å². The smallest absolute Gasteiger partial charge is 0.0503 e. The molecular weight excluding hydrogens is 400 g/mol. The number of rotatable bonds is 3. The van der Waals surface area contributed by atoms with Gasteiger partial charge in [-0.3, -0.25) is 0 Å². The predicted molar refractivity (Wildman–Crippen MR) is 121 cm³/mol. The van der Waals surface area contributed by atoms with E-state index in [-0.39, 0.29) is 0 Å². The summed E-state index contributed by atoms with van der Waals surface area (Å²) in [5.41, 5.74) is 7.00. The number of hydrogen-bond acceptors (Lipinski definition) is 1. The van der Waals surface area contributed by atoms with E-state index < -0.39 is 0 Å². The lowest BCUT2D eigenvalue weighted by atomic mass is 9.90. The minimum absolute atomic E-state index is 1.07. The zero-order valence-corrected chi connectivity index (χ0v) is 18.1. The van der Waals surface area contributed by atoms with Crippen LogP contribution in [-0.2, 0) is 12.8 Å². The Bertz CT molecular complexity index is 1110. The van der Waals surface area contributed by atoms with Crippen molar-refractivity contribution < 1.29 is 0 Å². The maximum atomic E-state index is 3.90. The summed E-state index contributed by atoms with van der Waals surface area (Å²) >= 11 is 5.81. The standard InChI is InChI=1S/C24H23BrS/c1-5-16-11-17(6-2)13-18(12-16)22-19-9-7-8-10-20(19)23(25)24-21(22)14(3)15(4)26-24/h7-13H,5-6H2,1-4H3. The summed E-state index contributed by atoms with van der Waals surface area (Å²) in [6.45, 7) is 8.99. The number of benzene rings is 3. The molecule has 0 bridgehead atoms. The van der Waals surface area contributed by atoms with Gasteiger partial charge in [-0.2, -0.15) is 0 Å². The first-order valence-electron chi connectivity index (χ1n) is 9.28. The van der Waals surface area contributed by atoms with Crippen LogP contribution in [0, 0.1) is 13.8 Å². The molecule has 0 N–H and O–H groups in total. The van der Waals surface area contributed by atoms with E-state index in [2.05, 4.69) is 86.1 Å². The fourth-order valence-corrected chi connectivity index (χ4v) is 5.75. The Balaban J connectivity index is 2.22. The van der Waals surface area contributed by atoms with Crippen LogP contribution in [0.3, 0.4) is 0 Å². The molecule has 0 spiro atoms. The summed E-state index contributed by atoms with van der Waals surface area (Å²) in [6, 6.07) is 15.9. The Kier molecular flexibility index (Phi) is 4.66. The first kappa shape index (κ1) is 17.8. The molecule has 26 heavy (non-hydrogen) atoms. The molecule has 0 atom stereocenters. The minimum Gasteiger partial charge on any atom is -0.139 e. The molecule has 0 aliphatic rings. The molecule has 132 valence electrons. The summed E-state index contributed by atoms with van der Waals surface area (Å²) < 4.78 is 2.60. The molecule has 0 amide bonds. The van der Waals surface area contributed by atoms with E-state index in [0.29, 0.717) is 0 Å². The second-order valence-electron chi connectivity index (χ2n) is 6.97. The van der Waals surface area contributed by atoms with Crippen LogP contribution < -0.4 is 0 Å². The molecule has 4 rings (SSSR count). The largest absolute Gasteiger partial charge is 0.139 e. The quantitative estimate of drug-likeness (QED) is 0.311. The van der Waals surface area contributed by atoms with Gasteiger partial charge in [-0.25, -0.2) is 0 Å². The highest BCUT2D eigenvalue weighted by atomic mass is 79.9. The van der Waals surface area contributed by atoms with Gasteiger partial charge in [-0.1, -0.05) is 56.3 Å². The first-order chi connectivity index (χ1) is 12.5. The molecule has 0 aliphatic carbocycles. The third-order valence-electron chi connectivity index (χ3n) is 5.43. The maximum Gasteiger partial charge on any atom is 0.0503 e. The van der Waals surface area contributed by atoms with Crippen LogP contribution in [0.4, 0.5) is 0 Å². The van der Waals surface area contributed by atoms with Crippen LogP contribution in [0.15, 0.2) is 46.9 Å². The fourth-order valence-electron chi connectivity index (χ4n) is 3.85. The topological polar surface area (TPSA) is 0 Å². The highest BCUT2D eigenvalue weighted by Crippen LogP contribution is 2.47.